The van der Waals surface area contributed by atoms with Gasteiger partial charge >= 0.3 is 0 Å². The number of rotatable bonds is 6. The number of sulfonamides is 1. The summed E-state index contributed by atoms with van der Waals surface area (Å²) in [6, 6.07) is 12.9. The topological polar surface area (TPSA) is 46.2 Å². The highest BCUT2D eigenvalue weighted by molar-refractivity contribution is 7.89. The van der Waals surface area contributed by atoms with Crippen molar-refractivity contribution in [2.45, 2.75) is 51.5 Å². The zero-order valence-corrected chi connectivity index (χ0v) is 15.1. The highest BCUT2D eigenvalue weighted by Crippen LogP contribution is 2.20. The fourth-order valence-electron chi connectivity index (χ4n) is 2.53. The molecule has 3 nitrogen and oxygen atoms in total. The van der Waals surface area contributed by atoms with Crippen LogP contribution in [0.5, 0.6) is 0 Å². The van der Waals surface area contributed by atoms with Gasteiger partial charge in [0.1, 0.15) is 0 Å². The van der Waals surface area contributed by atoms with Crippen molar-refractivity contribution in [3.05, 3.63) is 64.7 Å². The van der Waals surface area contributed by atoms with Crippen molar-refractivity contribution >= 4 is 10.0 Å². The molecule has 0 bridgehead atoms. The molecule has 0 aliphatic carbocycles. The second-order valence-electron chi connectivity index (χ2n) is 6.08. The van der Waals surface area contributed by atoms with Gasteiger partial charge in [0.25, 0.3) is 0 Å². The minimum absolute atomic E-state index is 0.269. The molecule has 0 saturated carbocycles. The smallest absolute Gasteiger partial charge is 0.207 e. The second kappa shape index (κ2) is 7.28. The third-order valence-electron chi connectivity index (χ3n) is 4.14. The van der Waals surface area contributed by atoms with Gasteiger partial charge in [0.2, 0.25) is 10.0 Å². The van der Waals surface area contributed by atoms with Crippen LogP contribution in [0.25, 0.3) is 0 Å². The number of nitrogens with one attached hydrogen (secondary N) is 1. The molecule has 1 N–H and O–H groups in total. The van der Waals surface area contributed by atoms with Gasteiger partial charge in [0.15, 0.2) is 0 Å². The molecule has 0 saturated heterocycles. The van der Waals surface area contributed by atoms with E-state index in [2.05, 4.69) is 11.6 Å². The predicted octanol–water partition coefficient (Wildman–Crippen LogP) is 4.30. The van der Waals surface area contributed by atoms with E-state index < -0.39 is 10.0 Å². The van der Waals surface area contributed by atoms with Crippen LogP contribution in [0.4, 0.5) is 0 Å². The summed E-state index contributed by atoms with van der Waals surface area (Å²) in [5.41, 5.74) is 4.50. The summed E-state index contributed by atoms with van der Waals surface area (Å²) in [4.78, 5) is 0.313. The molecule has 0 fully saturated rings. The van der Waals surface area contributed by atoms with Crippen LogP contribution >= 0.6 is 0 Å². The van der Waals surface area contributed by atoms with E-state index in [4.69, 9.17) is 0 Å². The highest BCUT2D eigenvalue weighted by Gasteiger charge is 2.18. The number of benzene rings is 2. The minimum atomic E-state index is -3.51. The van der Waals surface area contributed by atoms with Gasteiger partial charge in [-0.3, -0.25) is 0 Å². The Hall–Kier alpha value is -1.65. The Morgan fingerprint density at radius 3 is 2.22 bits per heavy atom. The third kappa shape index (κ3) is 4.43. The van der Waals surface area contributed by atoms with Gasteiger partial charge in [-0.2, -0.15) is 0 Å². The summed E-state index contributed by atoms with van der Waals surface area (Å²) in [5.74, 6) is 0. The molecule has 2 rings (SSSR count). The summed E-state index contributed by atoms with van der Waals surface area (Å²) in [6.45, 7) is 8.06. The Bertz CT molecular complexity index is 764. The lowest BCUT2D eigenvalue weighted by Gasteiger charge is -2.16. The fourth-order valence-corrected chi connectivity index (χ4v) is 3.76. The SMILES string of the molecule is CCCc1ccc(S(=O)(=O)NC(C)c2ccc(C)c(C)c2)cc1. The molecule has 2 aromatic rings. The van der Waals surface area contributed by atoms with Crippen LogP contribution in [0.15, 0.2) is 47.4 Å². The van der Waals surface area contributed by atoms with Gasteiger partial charge in [-0.25, -0.2) is 13.1 Å². The summed E-state index contributed by atoms with van der Waals surface area (Å²) < 4.78 is 27.8. The van der Waals surface area contributed by atoms with E-state index in [1.54, 1.807) is 12.1 Å². The van der Waals surface area contributed by atoms with E-state index in [-0.39, 0.29) is 6.04 Å². The molecule has 1 atom stereocenters. The first-order valence-corrected chi connectivity index (χ1v) is 9.50. The maximum Gasteiger partial charge on any atom is 0.241 e. The number of hydrogen-bond acceptors (Lipinski definition) is 2. The zero-order valence-electron chi connectivity index (χ0n) is 14.3. The van der Waals surface area contributed by atoms with Crippen molar-refractivity contribution in [1.29, 1.82) is 0 Å². The Labute approximate surface area is 139 Å². The lowest BCUT2D eigenvalue weighted by atomic mass is 10.0. The van der Waals surface area contributed by atoms with Crippen molar-refractivity contribution in [3.63, 3.8) is 0 Å². The van der Waals surface area contributed by atoms with E-state index in [1.807, 2.05) is 51.1 Å². The predicted molar refractivity (Wildman–Crippen MR) is 95.1 cm³/mol. The van der Waals surface area contributed by atoms with Gasteiger partial charge in [-0.1, -0.05) is 43.7 Å². The van der Waals surface area contributed by atoms with Crippen LogP contribution in [0.2, 0.25) is 0 Å². The Morgan fingerprint density at radius 2 is 1.65 bits per heavy atom. The Kier molecular flexibility index (Phi) is 5.60. The lowest BCUT2D eigenvalue weighted by molar-refractivity contribution is 0.567. The molecule has 0 aromatic heterocycles. The number of hydrogen-bond donors (Lipinski definition) is 1. The molecule has 4 heteroatoms. The minimum Gasteiger partial charge on any atom is -0.207 e. The van der Waals surface area contributed by atoms with Crippen molar-refractivity contribution in [3.8, 4) is 0 Å². The van der Waals surface area contributed by atoms with Gasteiger partial charge in [0, 0.05) is 6.04 Å². The second-order valence-corrected chi connectivity index (χ2v) is 7.79. The van der Waals surface area contributed by atoms with Crippen LogP contribution < -0.4 is 4.72 Å². The standard InChI is InChI=1S/C19H25NO2S/c1-5-6-17-8-11-19(12-9-17)23(21,22)20-16(4)18-10-7-14(2)15(3)13-18/h7-13,16,20H,5-6H2,1-4H3. The first-order chi connectivity index (χ1) is 10.8. The molecule has 0 heterocycles. The van der Waals surface area contributed by atoms with Crippen molar-refractivity contribution in [1.82, 2.24) is 4.72 Å². The van der Waals surface area contributed by atoms with E-state index in [9.17, 15) is 8.42 Å². The molecule has 0 spiro atoms. The van der Waals surface area contributed by atoms with Crippen molar-refractivity contribution in [2.75, 3.05) is 0 Å². The monoisotopic (exact) mass is 331 g/mol. The fraction of sp³-hybridized carbons (Fsp3) is 0.368. The molecule has 0 amide bonds. The molecule has 2 aromatic carbocycles. The van der Waals surface area contributed by atoms with E-state index in [0.29, 0.717) is 4.90 Å². The van der Waals surface area contributed by atoms with Crippen LogP contribution in [-0.4, -0.2) is 8.42 Å². The average Bonchev–Trinajstić information content (AvgIpc) is 2.50. The van der Waals surface area contributed by atoms with Crippen LogP contribution in [0, 0.1) is 13.8 Å². The quantitative estimate of drug-likeness (QED) is 0.858. The van der Waals surface area contributed by atoms with Crippen molar-refractivity contribution in [2.24, 2.45) is 0 Å². The van der Waals surface area contributed by atoms with Crippen molar-refractivity contribution < 1.29 is 8.42 Å². The molecule has 23 heavy (non-hydrogen) atoms. The maximum absolute atomic E-state index is 12.5. The summed E-state index contributed by atoms with van der Waals surface area (Å²) in [5, 5.41) is 0. The summed E-state index contributed by atoms with van der Waals surface area (Å²) in [7, 11) is -3.51. The molecular formula is C19H25NO2S. The molecule has 0 aliphatic heterocycles. The molecule has 1 unspecified atom stereocenters. The molecular weight excluding hydrogens is 306 g/mol. The van der Waals surface area contributed by atoms with Gasteiger partial charge in [-0.05, 0) is 61.6 Å². The van der Waals surface area contributed by atoms with E-state index in [1.165, 1.54) is 5.56 Å². The normalized spacial score (nSPS) is 13.0. The summed E-state index contributed by atoms with van der Waals surface area (Å²) in [6.07, 6.45) is 2.01. The lowest BCUT2D eigenvalue weighted by Crippen LogP contribution is -2.27. The number of aryl methyl sites for hydroxylation is 3. The van der Waals surface area contributed by atoms with Crippen LogP contribution in [0.3, 0.4) is 0 Å². The van der Waals surface area contributed by atoms with Gasteiger partial charge in [0.05, 0.1) is 4.90 Å². The van der Waals surface area contributed by atoms with Gasteiger partial charge < -0.3 is 0 Å². The average molecular weight is 331 g/mol. The zero-order chi connectivity index (χ0) is 17.0. The van der Waals surface area contributed by atoms with E-state index in [0.717, 1.165) is 29.5 Å². The van der Waals surface area contributed by atoms with Gasteiger partial charge in [-0.15, -0.1) is 0 Å². The molecule has 124 valence electrons. The largest absolute Gasteiger partial charge is 0.241 e. The molecule has 0 radical (unpaired) electrons. The first-order valence-electron chi connectivity index (χ1n) is 8.02. The van der Waals surface area contributed by atoms with E-state index >= 15 is 0 Å². The maximum atomic E-state index is 12.5. The van der Waals surface area contributed by atoms with Crippen LogP contribution in [0.1, 0.15) is 48.6 Å². The Morgan fingerprint density at radius 1 is 1.00 bits per heavy atom. The first kappa shape index (κ1) is 17.7. The summed E-state index contributed by atoms with van der Waals surface area (Å²) >= 11 is 0. The third-order valence-corrected chi connectivity index (χ3v) is 5.69. The van der Waals surface area contributed by atoms with Crippen LogP contribution in [-0.2, 0) is 16.4 Å². The highest BCUT2D eigenvalue weighted by atomic mass is 32.2. The molecule has 0 aliphatic rings. The Balaban J connectivity index is 2.17.